The highest BCUT2D eigenvalue weighted by Crippen LogP contribution is 2.36. The predicted octanol–water partition coefficient (Wildman–Crippen LogP) is 6.23. The van der Waals surface area contributed by atoms with Crippen molar-refractivity contribution in [1.29, 1.82) is 0 Å². The van der Waals surface area contributed by atoms with Crippen molar-refractivity contribution in [3.8, 4) is 11.3 Å². The molecule has 0 saturated heterocycles. The maximum absolute atomic E-state index is 2.50. The normalized spacial score (nSPS) is 12.6. The number of nitrogens with zero attached hydrogens (tertiary/aromatic N) is 1. The number of fused-ring (bicyclic) bond motifs is 1. The molecular formula is C26H36NSi+. The van der Waals surface area contributed by atoms with Crippen molar-refractivity contribution in [2.24, 2.45) is 7.05 Å². The van der Waals surface area contributed by atoms with E-state index in [2.05, 4.69) is 109 Å². The van der Waals surface area contributed by atoms with Crippen LogP contribution in [-0.2, 0) is 13.5 Å². The minimum atomic E-state index is -1.55. The molecule has 0 saturated carbocycles. The lowest BCUT2D eigenvalue weighted by molar-refractivity contribution is -0.659. The number of hydrogen-bond acceptors (Lipinski definition) is 0. The van der Waals surface area contributed by atoms with Gasteiger partial charge in [0.25, 0.3) is 0 Å². The van der Waals surface area contributed by atoms with Gasteiger partial charge in [0.15, 0.2) is 6.20 Å². The van der Waals surface area contributed by atoms with Crippen molar-refractivity contribution in [1.82, 2.24) is 0 Å². The summed E-state index contributed by atoms with van der Waals surface area (Å²) in [5, 5.41) is 4.59. The fourth-order valence-electron chi connectivity index (χ4n) is 3.91. The van der Waals surface area contributed by atoms with E-state index in [-0.39, 0.29) is 0 Å². The molecule has 0 aliphatic rings. The highest BCUT2D eigenvalue weighted by molar-refractivity contribution is 6.92. The van der Waals surface area contributed by atoms with E-state index >= 15 is 0 Å². The monoisotopic (exact) mass is 390 g/mol. The van der Waals surface area contributed by atoms with Crippen LogP contribution in [0.15, 0.2) is 42.6 Å². The molecule has 0 atom stereocenters. The van der Waals surface area contributed by atoms with Gasteiger partial charge in [-0.2, -0.15) is 0 Å². The lowest BCUT2D eigenvalue weighted by Gasteiger charge is -2.37. The Morgan fingerprint density at radius 2 is 1.64 bits per heavy atom. The molecule has 2 aromatic carbocycles. The smallest absolute Gasteiger partial charge is 0.200 e. The van der Waals surface area contributed by atoms with Gasteiger partial charge in [-0.15, -0.1) is 0 Å². The third-order valence-electron chi connectivity index (χ3n) is 7.12. The third-order valence-corrected chi connectivity index (χ3v) is 12.6. The second kappa shape index (κ2) is 7.15. The van der Waals surface area contributed by atoms with E-state index in [1.165, 1.54) is 38.7 Å². The molecule has 0 spiro atoms. The molecule has 0 unspecified atom stereocenters. The van der Waals surface area contributed by atoms with Crippen LogP contribution in [0.1, 0.15) is 44.4 Å². The van der Waals surface area contributed by atoms with E-state index in [1.54, 1.807) is 5.19 Å². The zero-order chi connectivity index (χ0) is 20.9. The van der Waals surface area contributed by atoms with Gasteiger partial charge in [-0.3, -0.25) is 0 Å². The second-order valence-electron chi connectivity index (χ2n) is 9.89. The Morgan fingerprint density at radius 3 is 2.25 bits per heavy atom. The third kappa shape index (κ3) is 3.43. The van der Waals surface area contributed by atoms with Crippen LogP contribution in [0.5, 0.6) is 0 Å². The van der Waals surface area contributed by atoms with Crippen LogP contribution < -0.4 is 9.75 Å². The maximum Gasteiger partial charge on any atom is 0.220 e. The van der Waals surface area contributed by atoms with Crippen molar-refractivity contribution < 1.29 is 4.57 Å². The molecule has 1 nitrogen and oxygen atoms in total. The molecular weight excluding hydrogens is 354 g/mol. The number of aromatic nitrogens is 1. The van der Waals surface area contributed by atoms with Crippen LogP contribution in [-0.4, -0.2) is 8.07 Å². The number of pyridine rings is 1. The first-order valence-corrected chi connectivity index (χ1v) is 13.5. The summed E-state index contributed by atoms with van der Waals surface area (Å²) < 4.78 is 2.29. The van der Waals surface area contributed by atoms with Crippen molar-refractivity contribution >= 4 is 24.0 Å². The summed E-state index contributed by atoms with van der Waals surface area (Å²) in [5.41, 5.74) is 6.87. The first kappa shape index (κ1) is 20.8. The highest BCUT2D eigenvalue weighted by atomic mass is 28.3. The van der Waals surface area contributed by atoms with Crippen LogP contribution in [0.4, 0.5) is 0 Å². The van der Waals surface area contributed by atoms with Gasteiger partial charge in [0.2, 0.25) is 5.69 Å². The molecule has 0 amide bonds. The summed E-state index contributed by atoms with van der Waals surface area (Å²) in [5.74, 6) is 0. The zero-order valence-electron chi connectivity index (χ0n) is 19.2. The summed E-state index contributed by atoms with van der Waals surface area (Å²) >= 11 is 0. The lowest BCUT2D eigenvalue weighted by Crippen LogP contribution is -2.49. The minimum Gasteiger partial charge on any atom is -0.200 e. The van der Waals surface area contributed by atoms with E-state index in [9.17, 15) is 0 Å². The van der Waals surface area contributed by atoms with Crippen molar-refractivity contribution in [2.45, 2.75) is 66.1 Å². The average molecular weight is 391 g/mol. The van der Waals surface area contributed by atoms with E-state index in [0.29, 0.717) is 5.04 Å². The molecule has 0 radical (unpaired) electrons. The molecule has 148 valence electrons. The Balaban J connectivity index is 2.29. The van der Waals surface area contributed by atoms with Gasteiger partial charge in [-0.05, 0) is 59.5 Å². The number of benzene rings is 2. The van der Waals surface area contributed by atoms with Crippen molar-refractivity contribution in [2.75, 3.05) is 0 Å². The fraction of sp³-hybridized carbons (Fsp3) is 0.423. The summed E-state index contributed by atoms with van der Waals surface area (Å²) in [6.07, 6.45) is 3.29. The largest absolute Gasteiger partial charge is 0.220 e. The van der Waals surface area contributed by atoms with Crippen LogP contribution in [0.25, 0.3) is 22.0 Å². The minimum absolute atomic E-state index is 0.339. The van der Waals surface area contributed by atoms with Gasteiger partial charge in [-0.1, -0.05) is 64.2 Å². The van der Waals surface area contributed by atoms with E-state index in [1.807, 2.05) is 0 Å². The SMILES string of the molecule is CCc1cc(C)c(C)c(-c2c3ccc([Si](C)(C)C(C)(C)C)cc3cc[n+]2C)c1. The highest BCUT2D eigenvalue weighted by Gasteiger charge is 2.37. The molecule has 0 aliphatic heterocycles. The molecule has 0 aliphatic carbocycles. The standard InChI is InChI=1S/C26H36NSi/c1-10-20-15-18(2)19(3)24(16-20)25-23-12-11-22(28(8,9)26(4,5)6)17-21(23)13-14-27(25)7/h11-17H,10H2,1-9H3/q+1. The van der Waals surface area contributed by atoms with Crippen LogP contribution in [0, 0.1) is 13.8 Å². The van der Waals surface area contributed by atoms with E-state index in [0.717, 1.165) is 6.42 Å². The molecule has 1 heterocycles. The summed E-state index contributed by atoms with van der Waals surface area (Å²) in [6, 6.07) is 14.2. The summed E-state index contributed by atoms with van der Waals surface area (Å²) in [7, 11) is 0.621. The van der Waals surface area contributed by atoms with E-state index in [4.69, 9.17) is 0 Å². The van der Waals surface area contributed by atoms with Gasteiger partial charge in [0.1, 0.15) is 7.05 Å². The zero-order valence-corrected chi connectivity index (χ0v) is 20.2. The summed E-state index contributed by atoms with van der Waals surface area (Å²) in [6.45, 7) is 18.9. The number of rotatable bonds is 3. The van der Waals surface area contributed by atoms with Crippen molar-refractivity contribution in [3.63, 3.8) is 0 Å². The molecule has 0 bridgehead atoms. The summed E-state index contributed by atoms with van der Waals surface area (Å²) in [4.78, 5) is 0. The van der Waals surface area contributed by atoms with Crippen molar-refractivity contribution in [3.05, 3.63) is 59.3 Å². The average Bonchev–Trinajstić information content (AvgIpc) is 2.63. The van der Waals surface area contributed by atoms with E-state index < -0.39 is 8.07 Å². The number of aryl methyl sites for hydroxylation is 3. The Kier molecular flexibility index (Phi) is 5.31. The molecule has 3 rings (SSSR count). The molecule has 28 heavy (non-hydrogen) atoms. The molecule has 0 fully saturated rings. The second-order valence-corrected chi connectivity index (χ2v) is 15.2. The van der Waals surface area contributed by atoms with Gasteiger partial charge in [0, 0.05) is 6.07 Å². The Hall–Kier alpha value is -1.93. The first-order chi connectivity index (χ1) is 13.0. The van der Waals surface area contributed by atoms with Crippen LogP contribution >= 0.6 is 0 Å². The van der Waals surface area contributed by atoms with Gasteiger partial charge >= 0.3 is 0 Å². The predicted molar refractivity (Wildman–Crippen MR) is 126 cm³/mol. The number of hydrogen-bond donors (Lipinski definition) is 0. The molecule has 2 heteroatoms. The molecule has 3 aromatic rings. The molecule has 1 aromatic heterocycles. The fourth-order valence-corrected chi connectivity index (χ4v) is 5.80. The lowest BCUT2D eigenvalue weighted by atomic mass is 9.93. The van der Waals surface area contributed by atoms with Gasteiger partial charge in [-0.25, -0.2) is 4.57 Å². The van der Waals surface area contributed by atoms with Crippen LogP contribution in [0.3, 0.4) is 0 Å². The topological polar surface area (TPSA) is 3.88 Å². The van der Waals surface area contributed by atoms with Crippen LogP contribution in [0.2, 0.25) is 18.1 Å². The Morgan fingerprint density at radius 1 is 0.964 bits per heavy atom. The molecule has 0 N–H and O–H groups in total. The first-order valence-electron chi connectivity index (χ1n) is 10.5. The Bertz CT molecular complexity index is 1040. The maximum atomic E-state index is 2.50. The quantitative estimate of drug-likeness (QED) is 0.369. The van der Waals surface area contributed by atoms with Gasteiger partial charge in [0.05, 0.1) is 19.0 Å². The Labute approximate surface area is 172 Å². The van der Waals surface area contributed by atoms with Gasteiger partial charge < -0.3 is 0 Å².